The Labute approximate surface area is 116 Å². The number of methoxy groups -OCH3 is 1. The first-order valence-corrected chi connectivity index (χ1v) is 6.98. The van der Waals surface area contributed by atoms with E-state index in [-0.39, 0.29) is 11.2 Å². The lowest BCUT2D eigenvalue weighted by Crippen LogP contribution is -2.34. The Morgan fingerprint density at radius 2 is 2.05 bits per heavy atom. The van der Waals surface area contributed by atoms with E-state index in [4.69, 9.17) is 4.74 Å². The van der Waals surface area contributed by atoms with Gasteiger partial charge in [-0.15, -0.1) is 0 Å². The molecule has 0 fully saturated rings. The maximum absolute atomic E-state index is 14.3. The summed E-state index contributed by atoms with van der Waals surface area (Å²) < 4.78 is 19.4. The van der Waals surface area contributed by atoms with Gasteiger partial charge in [-0.3, -0.25) is 0 Å². The summed E-state index contributed by atoms with van der Waals surface area (Å²) in [5, 5.41) is 3.45. The van der Waals surface area contributed by atoms with Gasteiger partial charge in [-0.05, 0) is 43.4 Å². The van der Waals surface area contributed by atoms with Crippen LogP contribution in [0.25, 0.3) is 0 Å². The molecule has 1 atom stereocenters. The molecule has 0 heterocycles. The van der Waals surface area contributed by atoms with E-state index < -0.39 is 0 Å². The van der Waals surface area contributed by atoms with Crippen LogP contribution in [0.3, 0.4) is 0 Å². The third-order valence-corrected chi connectivity index (χ3v) is 3.47. The van der Waals surface area contributed by atoms with E-state index in [2.05, 4.69) is 33.0 Å². The summed E-state index contributed by atoms with van der Waals surface area (Å²) >= 11 is 0. The number of rotatable bonds is 7. The second-order valence-electron chi connectivity index (χ2n) is 5.76. The van der Waals surface area contributed by atoms with Gasteiger partial charge in [-0.1, -0.05) is 32.9 Å². The standard InChI is InChI=1S/C16H26FNO/c1-6-10-18-12(2)11-16(3,4)13-8-7-9-14(19-5)15(13)17/h7-9,12,18H,6,10-11H2,1-5H3. The van der Waals surface area contributed by atoms with Gasteiger partial charge in [0.15, 0.2) is 11.6 Å². The zero-order valence-corrected chi connectivity index (χ0v) is 12.7. The van der Waals surface area contributed by atoms with Crippen molar-refractivity contribution in [2.75, 3.05) is 13.7 Å². The highest BCUT2D eigenvalue weighted by Gasteiger charge is 2.27. The third-order valence-electron chi connectivity index (χ3n) is 3.47. The van der Waals surface area contributed by atoms with Gasteiger partial charge in [0, 0.05) is 6.04 Å². The number of hydrogen-bond acceptors (Lipinski definition) is 2. The van der Waals surface area contributed by atoms with Crippen LogP contribution < -0.4 is 10.1 Å². The minimum absolute atomic E-state index is 0.223. The van der Waals surface area contributed by atoms with Crippen molar-refractivity contribution >= 4 is 0 Å². The third kappa shape index (κ3) is 4.20. The highest BCUT2D eigenvalue weighted by molar-refractivity contribution is 5.35. The Hall–Kier alpha value is -1.09. The molecule has 1 rings (SSSR count). The number of ether oxygens (including phenoxy) is 1. The summed E-state index contributed by atoms with van der Waals surface area (Å²) in [5.41, 5.74) is 0.496. The van der Waals surface area contributed by atoms with Crippen LogP contribution in [0, 0.1) is 5.82 Å². The van der Waals surface area contributed by atoms with Crippen molar-refractivity contribution in [3.05, 3.63) is 29.6 Å². The fourth-order valence-corrected chi connectivity index (χ4v) is 2.53. The first-order chi connectivity index (χ1) is 8.92. The van der Waals surface area contributed by atoms with Gasteiger partial charge in [0.2, 0.25) is 0 Å². The minimum Gasteiger partial charge on any atom is -0.494 e. The van der Waals surface area contributed by atoms with E-state index in [1.165, 1.54) is 7.11 Å². The van der Waals surface area contributed by atoms with E-state index >= 15 is 0 Å². The Balaban J connectivity index is 2.87. The summed E-state index contributed by atoms with van der Waals surface area (Å²) in [6.07, 6.45) is 2.00. The molecule has 0 saturated heterocycles. The molecule has 1 N–H and O–H groups in total. The second-order valence-corrected chi connectivity index (χ2v) is 5.76. The molecule has 3 heteroatoms. The molecule has 0 aliphatic carbocycles. The molecule has 0 aromatic heterocycles. The molecule has 0 amide bonds. The van der Waals surface area contributed by atoms with Gasteiger partial charge < -0.3 is 10.1 Å². The van der Waals surface area contributed by atoms with Gasteiger partial charge >= 0.3 is 0 Å². The maximum Gasteiger partial charge on any atom is 0.168 e. The van der Waals surface area contributed by atoms with Gasteiger partial charge in [0.1, 0.15) is 0 Å². The molecule has 0 aliphatic rings. The van der Waals surface area contributed by atoms with Crippen LogP contribution >= 0.6 is 0 Å². The van der Waals surface area contributed by atoms with Crippen LogP contribution in [0.4, 0.5) is 4.39 Å². The average molecular weight is 267 g/mol. The van der Waals surface area contributed by atoms with Crippen LogP contribution in [-0.2, 0) is 5.41 Å². The predicted octanol–water partition coefficient (Wildman–Crippen LogP) is 3.89. The topological polar surface area (TPSA) is 21.3 Å². The van der Waals surface area contributed by atoms with E-state index in [9.17, 15) is 4.39 Å². The molecule has 0 bridgehead atoms. The number of halogens is 1. The lowest BCUT2D eigenvalue weighted by molar-refractivity contribution is 0.355. The smallest absolute Gasteiger partial charge is 0.168 e. The monoisotopic (exact) mass is 267 g/mol. The molecular weight excluding hydrogens is 241 g/mol. The van der Waals surface area contributed by atoms with Crippen LogP contribution in [0.2, 0.25) is 0 Å². The molecule has 0 saturated carbocycles. The lowest BCUT2D eigenvalue weighted by Gasteiger charge is -2.30. The predicted molar refractivity (Wildman–Crippen MR) is 78.4 cm³/mol. The second kappa shape index (κ2) is 6.90. The van der Waals surface area contributed by atoms with Crippen molar-refractivity contribution < 1.29 is 9.13 Å². The average Bonchev–Trinajstić information content (AvgIpc) is 2.35. The number of nitrogens with one attached hydrogen (secondary N) is 1. The lowest BCUT2D eigenvalue weighted by atomic mass is 9.79. The molecule has 0 spiro atoms. The van der Waals surface area contributed by atoms with Gasteiger partial charge in [-0.2, -0.15) is 0 Å². The molecule has 1 aromatic carbocycles. The van der Waals surface area contributed by atoms with Crippen molar-refractivity contribution in [3.8, 4) is 5.75 Å². The summed E-state index contributed by atoms with van der Waals surface area (Å²) in [7, 11) is 1.50. The van der Waals surface area contributed by atoms with Gasteiger partial charge in [0.25, 0.3) is 0 Å². The van der Waals surface area contributed by atoms with Crippen molar-refractivity contribution in [1.82, 2.24) is 5.32 Å². The highest BCUT2D eigenvalue weighted by atomic mass is 19.1. The van der Waals surface area contributed by atoms with Gasteiger partial charge in [-0.25, -0.2) is 4.39 Å². The fourth-order valence-electron chi connectivity index (χ4n) is 2.53. The van der Waals surface area contributed by atoms with Crippen molar-refractivity contribution in [3.63, 3.8) is 0 Å². The van der Waals surface area contributed by atoms with Crippen LogP contribution in [0.15, 0.2) is 18.2 Å². The first-order valence-electron chi connectivity index (χ1n) is 6.98. The molecule has 0 radical (unpaired) electrons. The Bertz CT molecular complexity index is 404. The summed E-state index contributed by atoms with van der Waals surface area (Å²) in [4.78, 5) is 0. The summed E-state index contributed by atoms with van der Waals surface area (Å²) in [6.45, 7) is 9.45. The minimum atomic E-state index is -0.238. The highest BCUT2D eigenvalue weighted by Crippen LogP contribution is 2.33. The molecule has 19 heavy (non-hydrogen) atoms. The molecule has 1 aromatic rings. The number of hydrogen-bond donors (Lipinski definition) is 1. The van der Waals surface area contributed by atoms with Crippen molar-refractivity contribution in [1.29, 1.82) is 0 Å². The first kappa shape index (κ1) is 16.0. The van der Waals surface area contributed by atoms with E-state index in [1.54, 1.807) is 6.07 Å². The van der Waals surface area contributed by atoms with E-state index in [1.807, 2.05) is 12.1 Å². The molecule has 1 unspecified atom stereocenters. The fraction of sp³-hybridized carbons (Fsp3) is 0.625. The van der Waals surface area contributed by atoms with Crippen LogP contribution in [-0.4, -0.2) is 19.7 Å². The largest absolute Gasteiger partial charge is 0.494 e. The van der Waals surface area contributed by atoms with Crippen LogP contribution in [0.1, 0.15) is 46.1 Å². The van der Waals surface area contributed by atoms with Crippen LogP contribution in [0.5, 0.6) is 5.75 Å². The maximum atomic E-state index is 14.3. The molecule has 108 valence electrons. The normalized spacial score (nSPS) is 13.4. The van der Waals surface area contributed by atoms with Gasteiger partial charge in [0.05, 0.1) is 7.11 Å². The Morgan fingerprint density at radius 3 is 2.63 bits per heavy atom. The number of benzene rings is 1. The Kier molecular flexibility index (Phi) is 5.80. The van der Waals surface area contributed by atoms with E-state index in [0.717, 1.165) is 24.9 Å². The summed E-state index contributed by atoms with van der Waals surface area (Å²) in [5.74, 6) is 0.0810. The Morgan fingerprint density at radius 1 is 1.37 bits per heavy atom. The zero-order chi connectivity index (χ0) is 14.5. The quantitative estimate of drug-likeness (QED) is 0.809. The summed E-state index contributed by atoms with van der Waals surface area (Å²) in [6, 6.07) is 5.72. The molecule has 0 aliphatic heterocycles. The zero-order valence-electron chi connectivity index (χ0n) is 12.7. The SMILES string of the molecule is CCCNC(C)CC(C)(C)c1cccc(OC)c1F. The molecule has 2 nitrogen and oxygen atoms in total. The molecular formula is C16H26FNO. The van der Waals surface area contributed by atoms with E-state index in [0.29, 0.717) is 11.8 Å². The van der Waals surface area contributed by atoms with Crippen molar-refractivity contribution in [2.24, 2.45) is 0 Å². The van der Waals surface area contributed by atoms with Crippen molar-refractivity contribution in [2.45, 2.75) is 52.0 Å².